The molecule has 4 aromatic heterocycles. The van der Waals surface area contributed by atoms with Crippen molar-refractivity contribution >= 4 is 28.7 Å². The third kappa shape index (κ3) is 3.46. The molecule has 1 unspecified atom stereocenters. The number of carbonyl (C=O) groups is 3. The Hall–Kier alpha value is -4.21. The maximum atomic E-state index is 13.0. The van der Waals surface area contributed by atoms with Gasteiger partial charge in [-0.15, -0.1) is 0 Å². The topological polar surface area (TPSA) is 149 Å². The van der Waals surface area contributed by atoms with E-state index >= 15 is 0 Å². The fourth-order valence-corrected chi connectivity index (χ4v) is 3.26. The number of pyridine rings is 1. The number of Topliss-reactive ketones (excluding diaryl/α,β-unsaturated/α-hetero) is 1. The number of nitrogens with zero attached hydrogens (tertiary/aromatic N) is 3. The van der Waals surface area contributed by atoms with Gasteiger partial charge in [0.1, 0.15) is 23.4 Å². The van der Waals surface area contributed by atoms with Crippen molar-refractivity contribution < 1.29 is 18.8 Å². The fraction of sp³-hybridized carbons (Fsp3) is 0.150. The first-order chi connectivity index (χ1) is 14.5. The summed E-state index contributed by atoms with van der Waals surface area (Å²) in [6.45, 7) is 1.73. The Labute approximate surface area is 170 Å². The summed E-state index contributed by atoms with van der Waals surface area (Å²) in [6.07, 6.45) is 6.16. The van der Waals surface area contributed by atoms with Gasteiger partial charge in [-0.1, -0.05) is 6.07 Å². The van der Waals surface area contributed by atoms with Crippen LogP contribution in [0.4, 0.5) is 0 Å². The van der Waals surface area contributed by atoms with Crippen molar-refractivity contribution in [3.63, 3.8) is 0 Å². The van der Waals surface area contributed by atoms with E-state index in [4.69, 9.17) is 10.2 Å². The highest BCUT2D eigenvalue weighted by Crippen LogP contribution is 2.21. The number of aromatic amines is 1. The van der Waals surface area contributed by atoms with Crippen LogP contribution in [0, 0.1) is 6.92 Å². The van der Waals surface area contributed by atoms with Crippen LogP contribution in [0.2, 0.25) is 0 Å². The number of aryl methyl sites for hydroxylation is 1. The van der Waals surface area contributed by atoms with E-state index < -0.39 is 23.6 Å². The Morgan fingerprint density at radius 3 is 2.83 bits per heavy atom. The molecule has 0 saturated heterocycles. The Kier molecular flexibility index (Phi) is 4.88. The summed E-state index contributed by atoms with van der Waals surface area (Å²) < 4.78 is 6.96. The molecule has 0 saturated carbocycles. The largest absolute Gasteiger partial charge is 0.462 e. The number of H-pyrrole nitrogens is 1. The lowest BCUT2D eigenvalue weighted by Gasteiger charge is -2.16. The summed E-state index contributed by atoms with van der Waals surface area (Å²) in [4.78, 5) is 48.4. The van der Waals surface area contributed by atoms with Crippen LogP contribution in [0.1, 0.15) is 21.9 Å². The standard InChI is InChI=1S/C20H18N6O4/c1-11-24-9-14(26(11)16-4-2-3-6-22-16)20(29)25-13(18(27)19(21)28)8-12-10-30-15-5-7-23-17(12)15/h2-7,9-10,13,23H,8H2,1H3,(H2,21,28)(H,25,29). The molecular weight excluding hydrogens is 388 g/mol. The minimum Gasteiger partial charge on any atom is -0.462 e. The molecule has 2 amide bonds. The molecule has 4 heterocycles. The van der Waals surface area contributed by atoms with E-state index in [1.807, 2.05) is 0 Å². The molecule has 0 radical (unpaired) electrons. The van der Waals surface area contributed by atoms with Crippen LogP contribution < -0.4 is 11.1 Å². The number of furan rings is 1. The highest BCUT2D eigenvalue weighted by Gasteiger charge is 2.29. The van der Waals surface area contributed by atoms with Gasteiger partial charge in [-0.05, 0) is 25.1 Å². The predicted molar refractivity (Wildman–Crippen MR) is 106 cm³/mol. The molecule has 10 heteroatoms. The SMILES string of the molecule is Cc1ncc(C(=O)NC(Cc2coc3cc[nH]c23)C(=O)C(N)=O)n1-c1ccccn1. The van der Waals surface area contributed by atoms with Gasteiger partial charge in [0.25, 0.3) is 11.8 Å². The molecule has 0 aromatic carbocycles. The molecule has 0 bridgehead atoms. The first-order valence-electron chi connectivity index (χ1n) is 9.09. The zero-order chi connectivity index (χ0) is 21.3. The maximum absolute atomic E-state index is 13.0. The van der Waals surface area contributed by atoms with Gasteiger partial charge in [-0.3, -0.25) is 19.0 Å². The second-order valence-electron chi connectivity index (χ2n) is 6.65. The van der Waals surface area contributed by atoms with Crippen molar-refractivity contribution in [3.8, 4) is 5.82 Å². The average molecular weight is 406 g/mol. The van der Waals surface area contributed by atoms with Crippen molar-refractivity contribution in [1.82, 2.24) is 24.8 Å². The van der Waals surface area contributed by atoms with E-state index in [0.717, 1.165) is 0 Å². The van der Waals surface area contributed by atoms with Gasteiger partial charge in [-0.25, -0.2) is 9.97 Å². The van der Waals surface area contributed by atoms with Crippen LogP contribution in [-0.4, -0.2) is 43.2 Å². The van der Waals surface area contributed by atoms with Gasteiger partial charge in [0.15, 0.2) is 5.58 Å². The number of nitrogens with one attached hydrogen (secondary N) is 2. The van der Waals surface area contributed by atoms with Crippen LogP contribution in [0.5, 0.6) is 0 Å². The molecule has 0 spiro atoms. The maximum Gasteiger partial charge on any atom is 0.287 e. The summed E-state index contributed by atoms with van der Waals surface area (Å²) in [7, 11) is 0. The zero-order valence-electron chi connectivity index (χ0n) is 16.0. The molecule has 0 aliphatic rings. The molecular formula is C20H18N6O4. The number of ketones is 1. The second-order valence-corrected chi connectivity index (χ2v) is 6.65. The summed E-state index contributed by atoms with van der Waals surface area (Å²) in [5, 5.41) is 2.60. The van der Waals surface area contributed by atoms with Crippen LogP contribution in [0.3, 0.4) is 0 Å². The quantitative estimate of drug-likeness (QED) is 0.391. The molecule has 1 atom stereocenters. The van der Waals surface area contributed by atoms with E-state index in [1.54, 1.807) is 48.1 Å². The second kappa shape index (κ2) is 7.66. The van der Waals surface area contributed by atoms with E-state index in [0.29, 0.717) is 28.3 Å². The van der Waals surface area contributed by atoms with Gasteiger partial charge in [0, 0.05) is 24.4 Å². The number of hydrogen-bond donors (Lipinski definition) is 3. The molecule has 4 N–H and O–H groups in total. The van der Waals surface area contributed by atoms with Gasteiger partial charge in [-0.2, -0.15) is 0 Å². The fourth-order valence-electron chi connectivity index (χ4n) is 3.26. The van der Waals surface area contributed by atoms with Crippen LogP contribution >= 0.6 is 0 Å². The number of amides is 2. The number of hydrogen-bond acceptors (Lipinski definition) is 6. The summed E-state index contributed by atoms with van der Waals surface area (Å²) >= 11 is 0. The smallest absolute Gasteiger partial charge is 0.287 e. The third-order valence-electron chi connectivity index (χ3n) is 4.70. The van der Waals surface area contributed by atoms with E-state index in [9.17, 15) is 14.4 Å². The average Bonchev–Trinajstić information content (AvgIpc) is 3.44. The summed E-state index contributed by atoms with van der Waals surface area (Å²) in [5.41, 5.74) is 7.28. The molecule has 152 valence electrons. The number of carbonyl (C=O) groups excluding carboxylic acids is 3. The summed E-state index contributed by atoms with van der Waals surface area (Å²) in [6, 6.07) is 5.82. The molecule has 4 rings (SSSR count). The number of rotatable bonds is 7. The number of aromatic nitrogens is 4. The third-order valence-corrected chi connectivity index (χ3v) is 4.70. The predicted octanol–water partition coefficient (Wildman–Crippen LogP) is 1.05. The van der Waals surface area contributed by atoms with Crippen molar-refractivity contribution in [1.29, 1.82) is 0 Å². The lowest BCUT2D eigenvalue weighted by atomic mass is 10.0. The van der Waals surface area contributed by atoms with Crippen LogP contribution in [0.15, 0.2) is 53.5 Å². The van der Waals surface area contributed by atoms with Gasteiger partial charge in [0.2, 0.25) is 5.78 Å². The van der Waals surface area contributed by atoms with Crippen molar-refractivity contribution in [2.45, 2.75) is 19.4 Å². The van der Waals surface area contributed by atoms with Crippen molar-refractivity contribution in [2.24, 2.45) is 5.73 Å². The molecule has 30 heavy (non-hydrogen) atoms. The van der Waals surface area contributed by atoms with Crippen molar-refractivity contribution in [2.75, 3.05) is 0 Å². The lowest BCUT2D eigenvalue weighted by molar-refractivity contribution is -0.137. The highest BCUT2D eigenvalue weighted by molar-refractivity contribution is 6.38. The Bertz CT molecular complexity index is 1240. The Balaban J connectivity index is 1.64. The van der Waals surface area contributed by atoms with Gasteiger partial charge >= 0.3 is 0 Å². The summed E-state index contributed by atoms with van der Waals surface area (Å²) in [5.74, 6) is -1.60. The van der Waals surface area contributed by atoms with E-state index in [1.165, 1.54) is 12.5 Å². The Morgan fingerprint density at radius 1 is 1.27 bits per heavy atom. The minimum atomic E-state index is -1.17. The Morgan fingerprint density at radius 2 is 2.10 bits per heavy atom. The minimum absolute atomic E-state index is 0.0255. The van der Waals surface area contributed by atoms with E-state index in [2.05, 4.69) is 20.3 Å². The lowest BCUT2D eigenvalue weighted by Crippen LogP contribution is -2.47. The molecule has 4 aromatic rings. The van der Waals surface area contributed by atoms with E-state index in [-0.39, 0.29) is 12.1 Å². The highest BCUT2D eigenvalue weighted by atomic mass is 16.3. The number of nitrogens with two attached hydrogens (primary N) is 1. The zero-order valence-corrected chi connectivity index (χ0v) is 16.0. The molecule has 10 nitrogen and oxygen atoms in total. The monoisotopic (exact) mass is 406 g/mol. The number of primary amides is 1. The first kappa shape index (κ1) is 19.1. The van der Waals surface area contributed by atoms with Crippen LogP contribution in [0.25, 0.3) is 16.9 Å². The normalized spacial score (nSPS) is 12.0. The number of imidazole rings is 1. The first-order valence-corrected chi connectivity index (χ1v) is 9.09. The molecule has 0 fully saturated rings. The number of fused-ring (bicyclic) bond motifs is 1. The van der Waals surface area contributed by atoms with Gasteiger partial charge in [0.05, 0.1) is 18.0 Å². The van der Waals surface area contributed by atoms with Crippen LogP contribution in [-0.2, 0) is 16.0 Å². The molecule has 0 aliphatic carbocycles. The van der Waals surface area contributed by atoms with Crippen molar-refractivity contribution in [3.05, 3.63) is 66.2 Å². The molecule has 0 aliphatic heterocycles. The van der Waals surface area contributed by atoms with Gasteiger partial charge < -0.3 is 20.5 Å².